The number of nitro groups is 1. The lowest BCUT2D eigenvalue weighted by atomic mass is 10.2. The third-order valence-corrected chi connectivity index (χ3v) is 4.40. The zero-order valence-electron chi connectivity index (χ0n) is 10.8. The van der Waals surface area contributed by atoms with Crippen LogP contribution in [-0.4, -0.2) is 18.6 Å². The summed E-state index contributed by atoms with van der Waals surface area (Å²) in [5, 5.41) is 14.1. The lowest BCUT2D eigenvalue weighted by Gasteiger charge is -2.08. The summed E-state index contributed by atoms with van der Waals surface area (Å²) >= 11 is 5.07. The van der Waals surface area contributed by atoms with Crippen LogP contribution in [0.2, 0.25) is 0 Å². The number of methoxy groups -OCH3 is 1. The van der Waals surface area contributed by atoms with Gasteiger partial charge in [0.25, 0.3) is 5.69 Å². The molecule has 0 fully saturated rings. The second-order valence-corrected chi connectivity index (χ2v) is 6.57. The Kier molecular flexibility index (Phi) is 4.97. The quantitative estimate of drug-likeness (QED) is 0.625. The molecule has 0 radical (unpaired) electrons. The summed E-state index contributed by atoms with van der Waals surface area (Å²) in [6.45, 7) is 0.626. The number of halogens is 1. The highest BCUT2D eigenvalue weighted by atomic mass is 79.9. The number of ether oxygens (including phenoxy) is 1. The second-order valence-electron chi connectivity index (χ2n) is 4.02. The first kappa shape index (κ1) is 14.8. The fourth-order valence-electron chi connectivity index (χ4n) is 1.75. The van der Waals surface area contributed by atoms with Crippen LogP contribution in [0.15, 0.2) is 34.1 Å². The highest BCUT2D eigenvalue weighted by Gasteiger charge is 2.14. The van der Waals surface area contributed by atoms with Crippen LogP contribution in [0.5, 0.6) is 5.75 Å². The Labute approximate surface area is 128 Å². The minimum atomic E-state index is -0.399. The normalized spacial score (nSPS) is 10.3. The van der Waals surface area contributed by atoms with Crippen molar-refractivity contribution in [3.8, 4) is 5.75 Å². The van der Waals surface area contributed by atoms with Crippen molar-refractivity contribution in [1.29, 1.82) is 0 Å². The zero-order valence-corrected chi connectivity index (χ0v) is 13.2. The minimum Gasteiger partial charge on any atom is -0.497 e. The predicted molar refractivity (Wildman–Crippen MR) is 83.9 cm³/mol. The Morgan fingerprint density at radius 1 is 1.40 bits per heavy atom. The number of nitrogens with one attached hydrogen (secondary N) is 1. The molecule has 1 aromatic heterocycles. The summed E-state index contributed by atoms with van der Waals surface area (Å²) in [4.78, 5) is 11.8. The highest BCUT2D eigenvalue weighted by molar-refractivity contribution is 9.11. The Hall–Kier alpha value is -1.60. The van der Waals surface area contributed by atoms with Gasteiger partial charge in [0.1, 0.15) is 11.4 Å². The molecule has 0 saturated heterocycles. The molecule has 5 nitrogen and oxygen atoms in total. The van der Waals surface area contributed by atoms with Crippen LogP contribution in [0, 0.1) is 10.1 Å². The van der Waals surface area contributed by atoms with Crippen molar-refractivity contribution >= 4 is 38.6 Å². The van der Waals surface area contributed by atoms with Gasteiger partial charge in [-0.25, -0.2) is 0 Å². The van der Waals surface area contributed by atoms with E-state index in [2.05, 4.69) is 21.2 Å². The average Bonchev–Trinajstić information content (AvgIpc) is 2.84. The fraction of sp³-hybridized carbons (Fsp3) is 0.231. The van der Waals surface area contributed by atoms with Crippen LogP contribution in [0.25, 0.3) is 0 Å². The van der Waals surface area contributed by atoms with Crippen LogP contribution in [0.3, 0.4) is 0 Å². The molecule has 0 saturated carbocycles. The van der Waals surface area contributed by atoms with E-state index in [0.29, 0.717) is 18.0 Å². The summed E-state index contributed by atoms with van der Waals surface area (Å²) in [6.07, 6.45) is 0.810. The lowest BCUT2D eigenvalue weighted by molar-refractivity contribution is -0.384. The first-order valence-corrected chi connectivity index (χ1v) is 7.51. The summed E-state index contributed by atoms with van der Waals surface area (Å²) in [6, 6.07) is 8.70. The predicted octanol–water partition coefficient (Wildman–Crippen LogP) is 4.08. The monoisotopic (exact) mass is 356 g/mol. The summed E-state index contributed by atoms with van der Waals surface area (Å²) in [7, 11) is 1.54. The first-order chi connectivity index (χ1) is 9.60. The van der Waals surface area contributed by atoms with Crippen LogP contribution >= 0.6 is 27.3 Å². The maximum atomic E-state index is 11.0. The molecule has 0 aliphatic rings. The molecule has 0 amide bonds. The largest absolute Gasteiger partial charge is 0.497 e. The van der Waals surface area contributed by atoms with Crippen molar-refractivity contribution in [2.45, 2.75) is 6.42 Å². The standard InChI is InChI=1S/C13H13BrN2O3S/c1-19-9-2-4-12(16(17)18)11(8-9)15-7-6-10-3-5-13(14)20-10/h2-5,8,15H,6-7H2,1H3. The molecule has 0 spiro atoms. The van der Waals surface area contributed by atoms with E-state index in [1.165, 1.54) is 18.1 Å². The SMILES string of the molecule is COc1ccc([N+](=O)[O-])c(NCCc2ccc(Br)s2)c1. The molecule has 1 N–H and O–H groups in total. The third-order valence-electron chi connectivity index (χ3n) is 2.72. The molecule has 2 aromatic rings. The van der Waals surface area contributed by atoms with Crippen molar-refractivity contribution in [2.75, 3.05) is 19.0 Å². The Morgan fingerprint density at radius 2 is 2.20 bits per heavy atom. The molecule has 0 aliphatic carbocycles. The molecule has 7 heteroatoms. The smallest absolute Gasteiger partial charge is 0.292 e. The second kappa shape index (κ2) is 6.71. The van der Waals surface area contributed by atoms with E-state index < -0.39 is 4.92 Å². The maximum Gasteiger partial charge on any atom is 0.292 e. The van der Waals surface area contributed by atoms with Crippen molar-refractivity contribution < 1.29 is 9.66 Å². The van der Waals surface area contributed by atoms with Crippen molar-refractivity contribution in [3.05, 3.63) is 49.1 Å². The van der Waals surface area contributed by atoms with E-state index in [0.717, 1.165) is 10.2 Å². The number of hydrogen-bond donors (Lipinski definition) is 1. The number of benzene rings is 1. The molecule has 106 valence electrons. The van der Waals surface area contributed by atoms with Gasteiger partial charge in [-0.05, 0) is 40.5 Å². The summed E-state index contributed by atoms with van der Waals surface area (Å²) in [5.41, 5.74) is 0.531. The van der Waals surface area contributed by atoms with Gasteiger partial charge in [0.05, 0.1) is 15.8 Å². The van der Waals surface area contributed by atoms with E-state index >= 15 is 0 Å². The van der Waals surface area contributed by atoms with E-state index in [1.807, 2.05) is 12.1 Å². The van der Waals surface area contributed by atoms with Crippen LogP contribution in [-0.2, 0) is 6.42 Å². The Morgan fingerprint density at radius 3 is 2.80 bits per heavy atom. The molecule has 1 heterocycles. The van der Waals surface area contributed by atoms with E-state index in [4.69, 9.17) is 4.74 Å². The van der Waals surface area contributed by atoms with E-state index in [-0.39, 0.29) is 5.69 Å². The Balaban J connectivity index is 2.05. The van der Waals surface area contributed by atoms with Gasteiger partial charge in [-0.15, -0.1) is 11.3 Å². The fourth-order valence-corrected chi connectivity index (χ4v) is 3.23. The highest BCUT2D eigenvalue weighted by Crippen LogP contribution is 2.29. The summed E-state index contributed by atoms with van der Waals surface area (Å²) < 4.78 is 6.17. The molecule has 0 bridgehead atoms. The van der Waals surface area contributed by atoms with Gasteiger partial charge in [-0.3, -0.25) is 10.1 Å². The number of rotatable bonds is 6. The van der Waals surface area contributed by atoms with Gasteiger partial charge in [-0.2, -0.15) is 0 Å². The summed E-state index contributed by atoms with van der Waals surface area (Å²) in [5.74, 6) is 0.594. The number of thiophene rings is 1. The van der Waals surface area contributed by atoms with E-state index in [1.54, 1.807) is 23.5 Å². The number of nitrogens with zero attached hydrogens (tertiary/aromatic N) is 1. The average molecular weight is 357 g/mol. The topological polar surface area (TPSA) is 64.4 Å². The van der Waals surface area contributed by atoms with E-state index in [9.17, 15) is 10.1 Å². The molecule has 1 aromatic carbocycles. The van der Waals surface area contributed by atoms with Gasteiger partial charge in [0.2, 0.25) is 0 Å². The molecule has 2 rings (SSSR count). The van der Waals surface area contributed by atoms with Crippen LogP contribution < -0.4 is 10.1 Å². The number of anilines is 1. The number of hydrogen-bond acceptors (Lipinski definition) is 5. The molecule has 20 heavy (non-hydrogen) atoms. The maximum absolute atomic E-state index is 11.0. The van der Waals surface area contributed by atoms with Gasteiger partial charge < -0.3 is 10.1 Å². The molecule has 0 aliphatic heterocycles. The molecule has 0 atom stereocenters. The van der Waals surface area contributed by atoms with Crippen molar-refractivity contribution in [1.82, 2.24) is 0 Å². The number of nitro benzene ring substituents is 1. The zero-order chi connectivity index (χ0) is 14.5. The Bertz CT molecular complexity index is 615. The van der Waals surface area contributed by atoms with Gasteiger partial charge in [0, 0.05) is 23.6 Å². The van der Waals surface area contributed by atoms with Crippen LogP contribution in [0.4, 0.5) is 11.4 Å². The van der Waals surface area contributed by atoms with Gasteiger partial charge in [-0.1, -0.05) is 0 Å². The molecular weight excluding hydrogens is 344 g/mol. The van der Waals surface area contributed by atoms with Gasteiger partial charge >= 0.3 is 0 Å². The third kappa shape index (κ3) is 3.71. The molecule has 0 unspecified atom stereocenters. The van der Waals surface area contributed by atoms with Crippen molar-refractivity contribution in [3.63, 3.8) is 0 Å². The van der Waals surface area contributed by atoms with Gasteiger partial charge in [0.15, 0.2) is 0 Å². The lowest BCUT2D eigenvalue weighted by Crippen LogP contribution is -2.06. The molecular formula is C13H13BrN2O3S. The first-order valence-electron chi connectivity index (χ1n) is 5.90. The minimum absolute atomic E-state index is 0.0539. The van der Waals surface area contributed by atoms with Crippen LogP contribution in [0.1, 0.15) is 4.88 Å². The van der Waals surface area contributed by atoms with Crippen molar-refractivity contribution in [2.24, 2.45) is 0 Å².